The first-order chi connectivity index (χ1) is 9.56. The topological polar surface area (TPSA) is 64.3 Å². The average Bonchev–Trinajstić information content (AvgIpc) is 2.39. The Balaban J connectivity index is 2.12. The van der Waals surface area contributed by atoms with Crippen molar-refractivity contribution in [3.05, 3.63) is 53.1 Å². The van der Waals surface area contributed by atoms with E-state index < -0.39 is 0 Å². The van der Waals surface area contributed by atoms with Crippen molar-refractivity contribution >= 4 is 28.9 Å². The quantitative estimate of drug-likeness (QED) is 0.848. The fourth-order valence-electron chi connectivity index (χ4n) is 1.74. The number of nitrogens with two attached hydrogens (primary N) is 1. The molecule has 20 heavy (non-hydrogen) atoms. The first-order valence-electron chi connectivity index (χ1n) is 6.09. The Kier molecular flexibility index (Phi) is 4.48. The number of halogens is 1. The van der Waals surface area contributed by atoms with Gasteiger partial charge in [-0.3, -0.25) is 4.79 Å². The molecule has 0 spiro atoms. The summed E-state index contributed by atoms with van der Waals surface area (Å²) in [6.45, 7) is 1.76. The average molecular weight is 291 g/mol. The van der Waals surface area contributed by atoms with Gasteiger partial charge in [-0.05, 0) is 24.3 Å². The highest BCUT2D eigenvalue weighted by atomic mass is 35.5. The van der Waals surface area contributed by atoms with Gasteiger partial charge in [0.05, 0.1) is 5.69 Å². The second kappa shape index (κ2) is 6.30. The van der Waals surface area contributed by atoms with Gasteiger partial charge in [-0.15, -0.1) is 0 Å². The van der Waals surface area contributed by atoms with Crippen LogP contribution in [0.4, 0.5) is 11.4 Å². The predicted octanol–water partition coefficient (Wildman–Crippen LogP) is 3.46. The van der Waals surface area contributed by atoms with E-state index in [1.165, 1.54) is 6.92 Å². The lowest BCUT2D eigenvalue weighted by Crippen LogP contribution is -2.08. The number of hydrogen-bond acceptors (Lipinski definition) is 3. The minimum Gasteiger partial charge on any atom is -0.487 e. The summed E-state index contributed by atoms with van der Waals surface area (Å²) in [6, 6.07) is 12.5. The minimum atomic E-state index is -0.146. The van der Waals surface area contributed by atoms with Gasteiger partial charge in [-0.25, -0.2) is 0 Å². The molecule has 0 aliphatic heterocycles. The lowest BCUT2D eigenvalue weighted by molar-refractivity contribution is -0.114. The van der Waals surface area contributed by atoms with E-state index in [2.05, 4.69) is 5.32 Å². The third-order valence-electron chi connectivity index (χ3n) is 2.69. The third-order valence-corrected chi connectivity index (χ3v) is 2.92. The summed E-state index contributed by atoms with van der Waals surface area (Å²) in [5.41, 5.74) is 7.92. The molecular weight excluding hydrogens is 276 g/mol. The van der Waals surface area contributed by atoms with Crippen LogP contribution in [0.2, 0.25) is 5.02 Å². The monoisotopic (exact) mass is 290 g/mol. The lowest BCUT2D eigenvalue weighted by atomic mass is 10.2. The molecule has 0 fully saturated rings. The number of nitrogens with one attached hydrogen (secondary N) is 1. The Morgan fingerprint density at radius 2 is 2.05 bits per heavy atom. The number of para-hydroxylation sites is 2. The van der Waals surface area contributed by atoms with Crippen molar-refractivity contribution in [1.82, 2.24) is 0 Å². The Hall–Kier alpha value is -2.20. The highest BCUT2D eigenvalue weighted by Gasteiger charge is 2.06. The van der Waals surface area contributed by atoms with Gasteiger partial charge in [-0.1, -0.05) is 29.8 Å². The van der Waals surface area contributed by atoms with Gasteiger partial charge in [0, 0.05) is 23.2 Å². The van der Waals surface area contributed by atoms with Crippen molar-refractivity contribution in [2.45, 2.75) is 13.5 Å². The molecule has 0 aliphatic carbocycles. The van der Waals surface area contributed by atoms with Crippen molar-refractivity contribution in [2.24, 2.45) is 0 Å². The summed E-state index contributed by atoms with van der Waals surface area (Å²) in [7, 11) is 0. The van der Waals surface area contributed by atoms with E-state index in [1.807, 2.05) is 18.2 Å². The van der Waals surface area contributed by atoms with Crippen LogP contribution < -0.4 is 15.8 Å². The van der Waals surface area contributed by atoms with Crippen LogP contribution in [0, 0.1) is 0 Å². The molecular formula is C15H15ClN2O2. The summed E-state index contributed by atoms with van der Waals surface area (Å²) in [4.78, 5) is 11.1. The normalized spacial score (nSPS) is 10.1. The van der Waals surface area contributed by atoms with E-state index in [1.54, 1.807) is 24.3 Å². The number of hydrogen-bond donors (Lipinski definition) is 2. The Morgan fingerprint density at radius 1 is 1.30 bits per heavy atom. The highest BCUT2D eigenvalue weighted by Crippen LogP contribution is 2.26. The summed E-state index contributed by atoms with van der Waals surface area (Å²) in [5.74, 6) is 0.448. The zero-order valence-electron chi connectivity index (χ0n) is 11.0. The number of carbonyl (C=O) groups excluding carboxylic acids is 1. The van der Waals surface area contributed by atoms with E-state index in [9.17, 15) is 4.79 Å². The summed E-state index contributed by atoms with van der Waals surface area (Å²) >= 11 is 5.85. The molecule has 2 aromatic rings. The highest BCUT2D eigenvalue weighted by molar-refractivity contribution is 6.30. The smallest absolute Gasteiger partial charge is 0.221 e. The van der Waals surface area contributed by atoms with Crippen molar-refractivity contribution < 1.29 is 9.53 Å². The van der Waals surface area contributed by atoms with E-state index in [0.29, 0.717) is 28.8 Å². The van der Waals surface area contributed by atoms with Crippen molar-refractivity contribution in [2.75, 3.05) is 11.1 Å². The standard InChI is InChI=1S/C15H15ClN2O2/c1-10(19)18-14-4-2-3-5-15(14)20-9-11-6-7-12(16)8-13(11)17/h2-8H,9,17H2,1H3,(H,18,19). The fraction of sp³-hybridized carbons (Fsp3) is 0.133. The minimum absolute atomic E-state index is 0.146. The second-order valence-electron chi connectivity index (χ2n) is 4.31. The Labute approximate surface area is 122 Å². The van der Waals surface area contributed by atoms with Crippen LogP contribution in [0.25, 0.3) is 0 Å². The molecule has 0 unspecified atom stereocenters. The molecule has 2 aromatic carbocycles. The van der Waals surface area contributed by atoms with Gasteiger partial charge in [0.2, 0.25) is 5.91 Å². The molecule has 0 saturated carbocycles. The van der Waals surface area contributed by atoms with Gasteiger partial charge in [0.25, 0.3) is 0 Å². The summed E-state index contributed by atoms with van der Waals surface area (Å²) in [6.07, 6.45) is 0. The molecule has 0 atom stereocenters. The molecule has 1 amide bonds. The molecule has 0 heterocycles. The van der Waals surface area contributed by atoms with Gasteiger partial charge in [0.1, 0.15) is 12.4 Å². The SMILES string of the molecule is CC(=O)Nc1ccccc1OCc1ccc(Cl)cc1N. The van der Waals surface area contributed by atoms with Crippen LogP contribution in [0.1, 0.15) is 12.5 Å². The lowest BCUT2D eigenvalue weighted by Gasteiger charge is -2.12. The largest absolute Gasteiger partial charge is 0.487 e. The molecule has 0 aliphatic rings. The van der Waals surface area contributed by atoms with Gasteiger partial charge < -0.3 is 15.8 Å². The Morgan fingerprint density at radius 3 is 2.75 bits per heavy atom. The molecule has 2 rings (SSSR count). The Bertz CT molecular complexity index is 629. The van der Waals surface area contributed by atoms with Gasteiger partial charge in [-0.2, -0.15) is 0 Å². The first-order valence-corrected chi connectivity index (χ1v) is 6.47. The van der Waals surface area contributed by atoms with Crippen molar-refractivity contribution in [3.8, 4) is 5.75 Å². The molecule has 0 bridgehead atoms. The number of rotatable bonds is 4. The predicted molar refractivity (Wildman–Crippen MR) is 80.9 cm³/mol. The van der Waals surface area contributed by atoms with E-state index >= 15 is 0 Å². The van der Waals surface area contributed by atoms with E-state index in [0.717, 1.165) is 5.56 Å². The van der Waals surface area contributed by atoms with Crippen LogP contribution in [-0.2, 0) is 11.4 Å². The van der Waals surface area contributed by atoms with Crippen LogP contribution >= 0.6 is 11.6 Å². The molecule has 0 radical (unpaired) electrons. The molecule has 3 N–H and O–H groups in total. The van der Waals surface area contributed by atoms with Crippen molar-refractivity contribution in [3.63, 3.8) is 0 Å². The number of ether oxygens (including phenoxy) is 1. The number of anilines is 2. The number of carbonyl (C=O) groups is 1. The van der Waals surface area contributed by atoms with Crippen molar-refractivity contribution in [1.29, 1.82) is 0 Å². The fourth-order valence-corrected chi connectivity index (χ4v) is 1.92. The third kappa shape index (κ3) is 3.65. The molecule has 0 saturated heterocycles. The number of benzene rings is 2. The zero-order chi connectivity index (χ0) is 14.5. The summed E-state index contributed by atoms with van der Waals surface area (Å²) in [5, 5.41) is 3.30. The second-order valence-corrected chi connectivity index (χ2v) is 4.75. The van der Waals surface area contributed by atoms with Crippen LogP contribution in [0.15, 0.2) is 42.5 Å². The van der Waals surface area contributed by atoms with Crippen LogP contribution in [-0.4, -0.2) is 5.91 Å². The van der Waals surface area contributed by atoms with E-state index in [-0.39, 0.29) is 5.91 Å². The maximum Gasteiger partial charge on any atom is 0.221 e. The molecule has 5 heteroatoms. The summed E-state index contributed by atoms with van der Waals surface area (Å²) < 4.78 is 5.71. The van der Waals surface area contributed by atoms with Gasteiger partial charge >= 0.3 is 0 Å². The van der Waals surface area contributed by atoms with Crippen LogP contribution in [0.5, 0.6) is 5.75 Å². The van der Waals surface area contributed by atoms with E-state index in [4.69, 9.17) is 22.1 Å². The molecule has 0 aromatic heterocycles. The first kappa shape index (κ1) is 14.2. The zero-order valence-corrected chi connectivity index (χ0v) is 11.8. The number of amides is 1. The maximum atomic E-state index is 11.1. The maximum absolute atomic E-state index is 11.1. The molecule has 4 nitrogen and oxygen atoms in total. The number of nitrogen functional groups attached to an aromatic ring is 1. The van der Waals surface area contributed by atoms with Gasteiger partial charge in [0.15, 0.2) is 0 Å². The van der Waals surface area contributed by atoms with Crippen LogP contribution in [0.3, 0.4) is 0 Å². The molecule has 104 valence electrons.